The van der Waals surface area contributed by atoms with Gasteiger partial charge in [0.25, 0.3) is 6.08 Å². The summed E-state index contributed by atoms with van der Waals surface area (Å²) >= 11 is 0. The highest BCUT2D eigenvalue weighted by Gasteiger charge is 1.80. The molecule has 3 nitrogen and oxygen atoms in total. The summed E-state index contributed by atoms with van der Waals surface area (Å²) in [6.45, 7) is 0. The molecule has 6 heteroatoms. The smallest absolute Gasteiger partial charge is 0.368 e. The van der Waals surface area contributed by atoms with E-state index in [-0.39, 0.29) is 6.29 Å². The summed E-state index contributed by atoms with van der Waals surface area (Å²) in [4.78, 5) is 17.9. The number of carbonyl (C=O) groups is 2. The number of carboxylic acids is 1. The van der Waals surface area contributed by atoms with Crippen LogP contribution in [0.3, 0.4) is 0 Å². The first-order valence-electron chi connectivity index (χ1n) is 1.84. The van der Waals surface area contributed by atoms with Crippen LogP contribution in [0.25, 0.3) is 0 Å². The van der Waals surface area contributed by atoms with Gasteiger partial charge < -0.3 is 5.11 Å². The summed E-state index contributed by atoms with van der Waals surface area (Å²) < 4.78 is 30.7. The third-order valence-electron chi connectivity index (χ3n) is 0.183. The van der Waals surface area contributed by atoms with Crippen LogP contribution in [0, 0.1) is 0 Å². The number of rotatable bonds is 1. The number of aldehydes is 1. The Morgan fingerprint density at radius 2 is 1.60 bits per heavy atom. The second-order valence-electron chi connectivity index (χ2n) is 0.855. The number of carbonyl (C=O) groups excluding carboxylic acids is 1. The summed E-state index contributed by atoms with van der Waals surface area (Å²) in [6, 6.07) is 0. The van der Waals surface area contributed by atoms with E-state index in [0.717, 1.165) is 0 Å². The van der Waals surface area contributed by atoms with Crippen LogP contribution in [0.5, 0.6) is 0 Å². The molecule has 0 heterocycles. The number of carboxylic acid groups (broad SMARTS) is 1. The third-order valence-corrected chi connectivity index (χ3v) is 0.183. The highest BCUT2D eigenvalue weighted by atomic mass is 19.3. The van der Waals surface area contributed by atoms with Crippen LogP contribution in [-0.4, -0.2) is 17.4 Å². The lowest BCUT2D eigenvalue weighted by atomic mass is 10.8. The van der Waals surface area contributed by atoms with E-state index in [1.54, 1.807) is 0 Å². The van der Waals surface area contributed by atoms with Crippen molar-refractivity contribution in [3.63, 3.8) is 0 Å². The Balaban J connectivity index is 0. The van der Waals surface area contributed by atoms with Crippen LogP contribution < -0.4 is 0 Å². The van der Waals surface area contributed by atoms with E-state index in [9.17, 15) is 13.2 Å². The lowest BCUT2D eigenvalue weighted by molar-refractivity contribution is -0.143. The largest absolute Gasteiger partial charge is 0.476 e. The summed E-state index contributed by atoms with van der Waals surface area (Å²) in [6.07, 6.45) is -3.20. The first-order chi connectivity index (χ1) is 4.54. The number of aliphatic carboxylic acids is 1. The fraction of sp³-hybridized carbons (Fsp3) is 0. The molecule has 0 saturated heterocycles. The Morgan fingerprint density at radius 3 is 1.60 bits per heavy atom. The highest BCUT2D eigenvalue weighted by molar-refractivity contribution is 6.19. The average molecular weight is 156 g/mol. The zero-order valence-corrected chi connectivity index (χ0v) is 4.55. The van der Waals surface area contributed by atoms with E-state index < -0.39 is 18.4 Å². The minimum absolute atomic E-state index is 0.167. The van der Waals surface area contributed by atoms with Crippen molar-refractivity contribution in [1.82, 2.24) is 0 Å². The maximum atomic E-state index is 10.2. The molecule has 0 bridgehead atoms. The van der Waals surface area contributed by atoms with Crippen LogP contribution in [0.1, 0.15) is 0 Å². The molecule has 0 aromatic heterocycles. The van der Waals surface area contributed by atoms with E-state index in [2.05, 4.69) is 0 Å². The van der Waals surface area contributed by atoms with Gasteiger partial charge in [0.1, 0.15) is 0 Å². The Morgan fingerprint density at radius 1 is 1.40 bits per heavy atom. The van der Waals surface area contributed by atoms with Gasteiger partial charge in [0.05, 0.1) is 0 Å². The number of halogens is 3. The fourth-order valence-corrected chi connectivity index (χ4v) is 0. The van der Waals surface area contributed by atoms with E-state index in [1.165, 1.54) is 0 Å². The normalized spacial score (nSPS) is 6.70. The monoisotopic (exact) mass is 156 g/mol. The average Bonchev–Trinajstić information content (AvgIpc) is 1.89. The molecule has 10 heavy (non-hydrogen) atoms. The van der Waals surface area contributed by atoms with Gasteiger partial charge >= 0.3 is 5.97 Å². The van der Waals surface area contributed by atoms with Crippen LogP contribution in [0.2, 0.25) is 0 Å². The van der Waals surface area contributed by atoms with Crippen molar-refractivity contribution in [3.05, 3.63) is 12.4 Å². The molecule has 0 amide bonds. The molecule has 0 aliphatic heterocycles. The molecular formula is C4H3F3O3. The molecule has 0 saturated carbocycles. The Hall–Kier alpha value is -1.33. The van der Waals surface area contributed by atoms with Crippen molar-refractivity contribution >= 4 is 12.3 Å². The molecular weight excluding hydrogens is 153 g/mol. The van der Waals surface area contributed by atoms with Gasteiger partial charge in [-0.3, -0.25) is 4.79 Å². The molecule has 0 radical (unpaired) electrons. The molecule has 0 atom stereocenters. The van der Waals surface area contributed by atoms with Crippen molar-refractivity contribution in [1.29, 1.82) is 0 Å². The molecule has 0 aliphatic carbocycles. The molecule has 0 spiro atoms. The molecule has 0 rings (SSSR count). The lowest BCUT2D eigenvalue weighted by Crippen LogP contribution is -1.91. The second kappa shape index (κ2) is 7.67. The van der Waals surface area contributed by atoms with Gasteiger partial charge in [-0.05, 0) is 0 Å². The van der Waals surface area contributed by atoms with E-state index in [1.807, 2.05) is 0 Å². The molecule has 0 fully saturated rings. The van der Waals surface area contributed by atoms with Gasteiger partial charge in [0, 0.05) is 0 Å². The Labute approximate surface area is 53.8 Å². The van der Waals surface area contributed by atoms with Gasteiger partial charge in [0.2, 0.25) is 6.29 Å². The SMILES string of the molecule is FC=C(F)F.O=CC(=O)O. The molecule has 1 N–H and O–H groups in total. The van der Waals surface area contributed by atoms with Crippen LogP contribution in [-0.2, 0) is 9.59 Å². The molecule has 0 unspecified atom stereocenters. The van der Waals surface area contributed by atoms with Gasteiger partial charge in [0.15, 0.2) is 6.33 Å². The minimum atomic E-state index is -2.29. The van der Waals surface area contributed by atoms with Crippen molar-refractivity contribution < 1.29 is 27.9 Å². The number of hydrogen-bond acceptors (Lipinski definition) is 2. The van der Waals surface area contributed by atoms with E-state index in [4.69, 9.17) is 14.7 Å². The summed E-state index contributed by atoms with van der Waals surface area (Å²) in [5.74, 6) is -1.43. The van der Waals surface area contributed by atoms with Crippen LogP contribution >= 0.6 is 0 Å². The van der Waals surface area contributed by atoms with Crippen molar-refractivity contribution in [2.45, 2.75) is 0 Å². The van der Waals surface area contributed by atoms with Crippen LogP contribution in [0.15, 0.2) is 12.4 Å². The van der Waals surface area contributed by atoms with Gasteiger partial charge in [-0.1, -0.05) is 0 Å². The molecule has 0 aromatic rings. The fourth-order valence-electron chi connectivity index (χ4n) is 0. The van der Waals surface area contributed by atoms with Crippen molar-refractivity contribution in [3.8, 4) is 0 Å². The maximum Gasteiger partial charge on any atom is 0.368 e. The quantitative estimate of drug-likeness (QED) is 0.454. The second-order valence-corrected chi connectivity index (χ2v) is 0.855. The number of hydrogen-bond donors (Lipinski definition) is 1. The zero-order valence-electron chi connectivity index (χ0n) is 4.55. The highest BCUT2D eigenvalue weighted by Crippen LogP contribution is 1.93. The van der Waals surface area contributed by atoms with E-state index in [0.29, 0.717) is 0 Å². The zero-order chi connectivity index (χ0) is 8.57. The van der Waals surface area contributed by atoms with Gasteiger partial charge in [-0.15, -0.1) is 0 Å². The minimum Gasteiger partial charge on any atom is -0.476 e. The lowest BCUT2D eigenvalue weighted by Gasteiger charge is -1.59. The topological polar surface area (TPSA) is 54.4 Å². The molecule has 0 aromatic carbocycles. The molecule has 0 aliphatic rings. The Bertz CT molecular complexity index is 139. The standard InChI is InChI=1S/C2HF3.C2H2O3/c2*3-1-2(4)5/h1H;1H,(H,4,5). The van der Waals surface area contributed by atoms with Gasteiger partial charge in [-0.25, -0.2) is 9.18 Å². The van der Waals surface area contributed by atoms with Crippen LogP contribution in [0.4, 0.5) is 13.2 Å². The summed E-state index contributed by atoms with van der Waals surface area (Å²) in [5, 5.41) is 7.35. The third kappa shape index (κ3) is 30.1. The maximum absolute atomic E-state index is 10.2. The first-order valence-corrected chi connectivity index (χ1v) is 1.84. The van der Waals surface area contributed by atoms with E-state index >= 15 is 0 Å². The summed E-state index contributed by atoms with van der Waals surface area (Å²) in [5.41, 5.74) is 0. The predicted molar refractivity (Wildman–Crippen MR) is 25.1 cm³/mol. The predicted octanol–water partition coefficient (Wildman–Crippen LogP) is 0.964. The van der Waals surface area contributed by atoms with Crippen molar-refractivity contribution in [2.75, 3.05) is 0 Å². The summed E-state index contributed by atoms with van der Waals surface area (Å²) in [7, 11) is 0. The van der Waals surface area contributed by atoms with Crippen molar-refractivity contribution in [2.24, 2.45) is 0 Å². The van der Waals surface area contributed by atoms with Gasteiger partial charge in [-0.2, -0.15) is 8.78 Å². The molecule has 58 valence electrons. The Kier molecular flexibility index (Phi) is 8.79. The first kappa shape index (κ1) is 11.5.